The molecule has 1 aliphatic rings. The van der Waals surface area contributed by atoms with Crippen molar-refractivity contribution < 1.29 is 0 Å². The highest BCUT2D eigenvalue weighted by atomic mass is 15.1. The number of nitrogen functional groups attached to an aromatic ring is 1. The van der Waals surface area contributed by atoms with Gasteiger partial charge in [0.25, 0.3) is 0 Å². The number of imidazole rings is 1. The minimum Gasteiger partial charge on any atom is -0.396 e. The maximum absolute atomic E-state index is 6.18. The van der Waals surface area contributed by atoms with Gasteiger partial charge in [0.15, 0.2) is 0 Å². The number of piperidine rings is 1. The summed E-state index contributed by atoms with van der Waals surface area (Å²) < 4.78 is 2.03. The Morgan fingerprint density at radius 1 is 1.22 bits per heavy atom. The Morgan fingerprint density at radius 2 is 2.00 bits per heavy atom. The first-order valence-electron chi connectivity index (χ1n) is 6.80. The zero-order valence-corrected chi connectivity index (χ0v) is 10.9. The molecule has 0 saturated carbocycles. The zero-order valence-electron chi connectivity index (χ0n) is 10.9. The van der Waals surface area contributed by atoms with Crippen LogP contribution in [0.1, 0.15) is 31.9 Å². The summed E-state index contributed by atoms with van der Waals surface area (Å²) in [4.78, 5) is 7.00. The molecule has 2 N–H and O–H groups in total. The summed E-state index contributed by atoms with van der Waals surface area (Å²) in [5.41, 5.74) is 10.3. The molecule has 96 valence electrons. The minimum atomic E-state index is 0.851. The molecule has 2 aromatic rings. The highest BCUT2D eigenvalue weighted by Gasteiger charge is 2.15. The first-order chi connectivity index (χ1) is 8.78. The highest BCUT2D eigenvalue weighted by molar-refractivity contribution is 5.71. The number of aromatic nitrogens is 2. The molecular weight excluding hydrogens is 224 g/mol. The lowest BCUT2D eigenvalue weighted by molar-refractivity contribution is 0.578. The fourth-order valence-electron chi connectivity index (χ4n) is 2.67. The third kappa shape index (κ3) is 1.92. The molecule has 1 saturated heterocycles. The second kappa shape index (κ2) is 4.52. The average Bonchev–Trinajstić information content (AvgIpc) is 2.80. The number of aryl methyl sites for hydroxylation is 1. The Labute approximate surface area is 107 Å². The van der Waals surface area contributed by atoms with Gasteiger partial charge >= 0.3 is 0 Å². The highest BCUT2D eigenvalue weighted by Crippen LogP contribution is 2.27. The van der Waals surface area contributed by atoms with Gasteiger partial charge in [0.1, 0.15) is 5.65 Å². The molecule has 4 nitrogen and oxygen atoms in total. The molecule has 0 unspecified atom stereocenters. The number of hydrogen-bond acceptors (Lipinski definition) is 3. The van der Waals surface area contributed by atoms with E-state index >= 15 is 0 Å². The summed E-state index contributed by atoms with van der Waals surface area (Å²) in [6.45, 7) is 4.35. The predicted molar refractivity (Wildman–Crippen MR) is 75.0 cm³/mol. The van der Waals surface area contributed by atoms with E-state index in [9.17, 15) is 0 Å². The van der Waals surface area contributed by atoms with Crippen LogP contribution in [-0.4, -0.2) is 22.5 Å². The van der Waals surface area contributed by atoms with Crippen molar-refractivity contribution in [3.05, 3.63) is 24.2 Å². The van der Waals surface area contributed by atoms with Gasteiger partial charge in [-0.05, 0) is 25.7 Å². The molecule has 4 heteroatoms. The molecular formula is C14H20N4. The average molecular weight is 244 g/mol. The van der Waals surface area contributed by atoms with E-state index in [2.05, 4.69) is 29.1 Å². The van der Waals surface area contributed by atoms with Gasteiger partial charge < -0.3 is 15.0 Å². The van der Waals surface area contributed by atoms with Gasteiger partial charge in [-0.15, -0.1) is 0 Å². The van der Waals surface area contributed by atoms with Crippen LogP contribution in [0.3, 0.4) is 0 Å². The maximum atomic E-state index is 6.18. The molecule has 0 radical (unpaired) electrons. The summed E-state index contributed by atoms with van der Waals surface area (Å²) in [5.74, 6) is 0. The third-order valence-corrected chi connectivity index (χ3v) is 3.71. The molecule has 1 aliphatic heterocycles. The molecule has 18 heavy (non-hydrogen) atoms. The zero-order chi connectivity index (χ0) is 12.5. The van der Waals surface area contributed by atoms with Gasteiger partial charge in [-0.2, -0.15) is 0 Å². The molecule has 0 spiro atoms. The summed E-state index contributed by atoms with van der Waals surface area (Å²) >= 11 is 0. The number of nitrogens with zero attached hydrogens (tertiary/aromatic N) is 3. The first kappa shape index (κ1) is 11.4. The topological polar surface area (TPSA) is 46.6 Å². The van der Waals surface area contributed by atoms with Crippen LogP contribution < -0.4 is 10.6 Å². The normalized spacial score (nSPS) is 16.4. The number of nitrogens with two attached hydrogens (primary N) is 1. The molecule has 0 atom stereocenters. The Morgan fingerprint density at radius 3 is 2.72 bits per heavy atom. The van der Waals surface area contributed by atoms with Crippen LogP contribution in [0.25, 0.3) is 5.65 Å². The fraction of sp³-hybridized carbons (Fsp3) is 0.500. The summed E-state index contributed by atoms with van der Waals surface area (Å²) in [7, 11) is 0. The van der Waals surface area contributed by atoms with E-state index in [1.165, 1.54) is 19.3 Å². The van der Waals surface area contributed by atoms with Gasteiger partial charge in [-0.3, -0.25) is 0 Å². The van der Waals surface area contributed by atoms with Crippen LogP contribution >= 0.6 is 0 Å². The molecule has 0 bridgehead atoms. The van der Waals surface area contributed by atoms with E-state index < -0.39 is 0 Å². The van der Waals surface area contributed by atoms with E-state index in [0.717, 1.165) is 42.2 Å². The van der Waals surface area contributed by atoms with Crippen molar-refractivity contribution in [3.63, 3.8) is 0 Å². The molecule has 0 aliphatic carbocycles. The summed E-state index contributed by atoms with van der Waals surface area (Å²) in [5, 5.41) is 0. The SMILES string of the molecule is CCc1cn2cc(N)c(N3CCCCC3)cc2n1. The molecule has 1 fully saturated rings. The van der Waals surface area contributed by atoms with Crippen molar-refractivity contribution in [1.82, 2.24) is 9.38 Å². The van der Waals surface area contributed by atoms with E-state index in [0.29, 0.717) is 0 Å². The van der Waals surface area contributed by atoms with E-state index in [-0.39, 0.29) is 0 Å². The summed E-state index contributed by atoms with van der Waals surface area (Å²) in [6.07, 6.45) is 8.87. The number of anilines is 2. The Kier molecular flexibility index (Phi) is 2.86. The van der Waals surface area contributed by atoms with Crippen LogP contribution in [0.2, 0.25) is 0 Å². The molecule has 0 aromatic carbocycles. The number of rotatable bonds is 2. The largest absolute Gasteiger partial charge is 0.396 e. The Hall–Kier alpha value is -1.71. The third-order valence-electron chi connectivity index (χ3n) is 3.71. The number of fused-ring (bicyclic) bond motifs is 1. The van der Waals surface area contributed by atoms with Gasteiger partial charge in [-0.25, -0.2) is 4.98 Å². The first-order valence-corrected chi connectivity index (χ1v) is 6.80. The molecule has 2 aromatic heterocycles. The van der Waals surface area contributed by atoms with Crippen molar-refractivity contribution in [2.75, 3.05) is 23.7 Å². The van der Waals surface area contributed by atoms with Crippen LogP contribution in [0, 0.1) is 0 Å². The lowest BCUT2D eigenvalue weighted by Gasteiger charge is -2.29. The van der Waals surface area contributed by atoms with Crippen molar-refractivity contribution in [3.8, 4) is 0 Å². The van der Waals surface area contributed by atoms with E-state index in [1.807, 2.05) is 10.6 Å². The maximum Gasteiger partial charge on any atom is 0.139 e. The van der Waals surface area contributed by atoms with Gasteiger partial charge in [0.2, 0.25) is 0 Å². The fourth-order valence-corrected chi connectivity index (χ4v) is 2.67. The second-order valence-corrected chi connectivity index (χ2v) is 5.01. The van der Waals surface area contributed by atoms with Crippen molar-refractivity contribution in [2.45, 2.75) is 32.6 Å². The quantitative estimate of drug-likeness (QED) is 0.882. The Balaban J connectivity index is 2.02. The monoisotopic (exact) mass is 244 g/mol. The van der Waals surface area contributed by atoms with Crippen LogP contribution in [-0.2, 0) is 6.42 Å². The van der Waals surface area contributed by atoms with Crippen LogP contribution in [0.5, 0.6) is 0 Å². The predicted octanol–water partition coefficient (Wildman–Crippen LogP) is 2.47. The molecule has 3 heterocycles. The van der Waals surface area contributed by atoms with Crippen LogP contribution in [0.4, 0.5) is 11.4 Å². The van der Waals surface area contributed by atoms with Crippen molar-refractivity contribution >= 4 is 17.0 Å². The smallest absolute Gasteiger partial charge is 0.139 e. The van der Waals surface area contributed by atoms with Gasteiger partial charge in [0, 0.05) is 31.5 Å². The van der Waals surface area contributed by atoms with E-state index in [1.54, 1.807) is 0 Å². The van der Waals surface area contributed by atoms with E-state index in [4.69, 9.17) is 5.73 Å². The molecule has 0 amide bonds. The standard InChI is InChI=1S/C14H20N4/c1-2-11-9-18-10-12(15)13(8-14(18)16-11)17-6-4-3-5-7-17/h8-10H,2-7,15H2,1H3. The lowest BCUT2D eigenvalue weighted by atomic mass is 10.1. The van der Waals surface area contributed by atoms with Crippen molar-refractivity contribution in [2.24, 2.45) is 0 Å². The number of pyridine rings is 1. The van der Waals surface area contributed by atoms with Crippen molar-refractivity contribution in [1.29, 1.82) is 0 Å². The summed E-state index contributed by atoms with van der Waals surface area (Å²) in [6, 6.07) is 2.12. The lowest BCUT2D eigenvalue weighted by Crippen LogP contribution is -2.30. The molecule has 3 rings (SSSR count). The Bertz CT molecular complexity index is 552. The van der Waals surface area contributed by atoms with Gasteiger partial charge in [-0.1, -0.05) is 6.92 Å². The minimum absolute atomic E-state index is 0.851. The second-order valence-electron chi connectivity index (χ2n) is 5.01. The van der Waals surface area contributed by atoms with Gasteiger partial charge in [0.05, 0.1) is 17.1 Å². The van der Waals surface area contributed by atoms with Crippen LogP contribution in [0.15, 0.2) is 18.5 Å². The number of hydrogen-bond donors (Lipinski definition) is 1.